The van der Waals surface area contributed by atoms with E-state index in [1.165, 1.54) is 0 Å². The number of hydrogen-bond acceptors (Lipinski definition) is 3. The van der Waals surface area contributed by atoms with Gasteiger partial charge in [-0.15, -0.1) is 0 Å². The number of carbonyl (C=O) groups is 2. The largest absolute Gasteiger partial charge is 0.340 e. The second-order valence-corrected chi connectivity index (χ2v) is 5.93. The molecule has 0 aliphatic carbocycles. The summed E-state index contributed by atoms with van der Waals surface area (Å²) in [6.07, 6.45) is -0.186. The predicted molar refractivity (Wildman–Crippen MR) is 88.4 cm³/mol. The Balaban J connectivity index is 1.87. The van der Waals surface area contributed by atoms with Crippen molar-refractivity contribution in [3.8, 4) is 0 Å². The summed E-state index contributed by atoms with van der Waals surface area (Å²) >= 11 is 11.9. The maximum Gasteiger partial charge on any atom is 0.233 e. The van der Waals surface area contributed by atoms with Crippen LogP contribution in [0.5, 0.6) is 0 Å². The Morgan fingerprint density at radius 3 is 2.50 bits per heavy atom. The number of likely N-dealkylation sites (N-methyl/N-ethyl adjacent to an activating group) is 1. The van der Waals surface area contributed by atoms with Crippen LogP contribution in [0, 0.1) is 0 Å². The van der Waals surface area contributed by atoms with Crippen molar-refractivity contribution in [2.45, 2.75) is 13.3 Å². The molecule has 0 unspecified atom stereocenters. The fourth-order valence-electron chi connectivity index (χ4n) is 2.36. The smallest absolute Gasteiger partial charge is 0.233 e. The molecule has 1 aromatic rings. The molecule has 1 N–H and O–H groups in total. The SMILES string of the molecule is CCN1CCN(C(=O)CC(=O)Nc2cccc(Cl)c2Cl)CC1. The number of nitrogens with zero attached hydrogens (tertiary/aromatic N) is 2. The lowest BCUT2D eigenvalue weighted by Gasteiger charge is -2.34. The van der Waals surface area contributed by atoms with Crippen LogP contribution in [0.4, 0.5) is 5.69 Å². The van der Waals surface area contributed by atoms with Gasteiger partial charge in [-0.25, -0.2) is 0 Å². The number of halogens is 2. The number of carbonyl (C=O) groups excluding carboxylic acids is 2. The minimum absolute atomic E-state index is 0.161. The zero-order valence-corrected chi connectivity index (χ0v) is 14.0. The zero-order chi connectivity index (χ0) is 16.1. The second kappa shape index (κ2) is 7.81. The maximum atomic E-state index is 12.1. The predicted octanol–water partition coefficient (Wildman–Crippen LogP) is 2.49. The zero-order valence-electron chi connectivity index (χ0n) is 12.4. The lowest BCUT2D eigenvalue weighted by atomic mass is 10.2. The molecule has 0 atom stereocenters. The van der Waals surface area contributed by atoms with Crippen LogP contribution in [0.15, 0.2) is 18.2 Å². The Labute approximate surface area is 140 Å². The summed E-state index contributed by atoms with van der Waals surface area (Å²) in [6.45, 7) is 6.11. The van der Waals surface area contributed by atoms with Gasteiger partial charge >= 0.3 is 0 Å². The van der Waals surface area contributed by atoms with Crippen LogP contribution < -0.4 is 5.32 Å². The van der Waals surface area contributed by atoms with E-state index < -0.39 is 0 Å². The third kappa shape index (κ3) is 4.35. The molecule has 0 spiro atoms. The maximum absolute atomic E-state index is 12.1. The molecule has 2 rings (SSSR count). The van der Waals surface area contributed by atoms with Gasteiger partial charge < -0.3 is 15.1 Å². The minimum atomic E-state index is -0.382. The average molecular weight is 344 g/mol. The van der Waals surface area contributed by atoms with Crippen LogP contribution in [-0.4, -0.2) is 54.3 Å². The molecule has 22 heavy (non-hydrogen) atoms. The number of amides is 2. The molecule has 120 valence electrons. The summed E-state index contributed by atoms with van der Waals surface area (Å²) in [5, 5.41) is 3.27. The van der Waals surface area contributed by atoms with Gasteiger partial charge in [0, 0.05) is 26.2 Å². The van der Waals surface area contributed by atoms with Gasteiger partial charge in [0.25, 0.3) is 0 Å². The average Bonchev–Trinajstić information content (AvgIpc) is 2.52. The number of nitrogens with one attached hydrogen (secondary N) is 1. The van der Waals surface area contributed by atoms with Crippen LogP contribution in [0.25, 0.3) is 0 Å². The lowest BCUT2D eigenvalue weighted by molar-refractivity contribution is -0.136. The van der Waals surface area contributed by atoms with Crippen molar-refractivity contribution in [1.82, 2.24) is 9.80 Å². The van der Waals surface area contributed by atoms with E-state index in [4.69, 9.17) is 23.2 Å². The van der Waals surface area contributed by atoms with Crippen molar-refractivity contribution >= 4 is 40.7 Å². The van der Waals surface area contributed by atoms with E-state index in [0.717, 1.165) is 19.6 Å². The molecular formula is C15H19Cl2N3O2. The first kappa shape index (κ1) is 17.1. The molecule has 1 aliphatic heterocycles. The molecule has 2 amide bonds. The highest BCUT2D eigenvalue weighted by Crippen LogP contribution is 2.29. The summed E-state index contributed by atoms with van der Waals surface area (Å²) in [6, 6.07) is 4.98. The summed E-state index contributed by atoms with van der Waals surface area (Å²) in [5.41, 5.74) is 0.419. The Morgan fingerprint density at radius 1 is 1.18 bits per heavy atom. The Morgan fingerprint density at radius 2 is 1.86 bits per heavy atom. The van der Waals surface area contributed by atoms with Crippen LogP contribution in [-0.2, 0) is 9.59 Å². The molecule has 7 heteroatoms. The number of benzene rings is 1. The standard InChI is InChI=1S/C15H19Cl2N3O2/c1-2-19-6-8-20(9-7-19)14(22)10-13(21)18-12-5-3-4-11(16)15(12)17/h3-5H,2,6-10H2,1H3,(H,18,21). The molecule has 1 saturated heterocycles. The fourth-order valence-corrected chi connectivity index (χ4v) is 2.71. The van der Waals surface area contributed by atoms with Crippen molar-refractivity contribution in [3.63, 3.8) is 0 Å². The summed E-state index contributed by atoms with van der Waals surface area (Å²) < 4.78 is 0. The van der Waals surface area contributed by atoms with Gasteiger partial charge in [0.05, 0.1) is 15.7 Å². The molecule has 1 aromatic carbocycles. The van der Waals surface area contributed by atoms with Crippen LogP contribution in [0.1, 0.15) is 13.3 Å². The highest BCUT2D eigenvalue weighted by molar-refractivity contribution is 6.44. The summed E-state index contributed by atoms with van der Waals surface area (Å²) in [5.74, 6) is -0.543. The van der Waals surface area contributed by atoms with Crippen molar-refractivity contribution in [1.29, 1.82) is 0 Å². The van der Waals surface area contributed by atoms with E-state index >= 15 is 0 Å². The molecule has 5 nitrogen and oxygen atoms in total. The second-order valence-electron chi connectivity index (χ2n) is 5.14. The first-order valence-electron chi connectivity index (χ1n) is 7.25. The van der Waals surface area contributed by atoms with Crippen LogP contribution in [0.2, 0.25) is 10.0 Å². The van der Waals surface area contributed by atoms with Crippen molar-refractivity contribution in [2.24, 2.45) is 0 Å². The van der Waals surface area contributed by atoms with Gasteiger partial charge in [-0.3, -0.25) is 9.59 Å². The molecular weight excluding hydrogens is 325 g/mol. The van der Waals surface area contributed by atoms with Gasteiger partial charge in [-0.05, 0) is 18.7 Å². The first-order chi connectivity index (χ1) is 10.5. The number of rotatable bonds is 4. The quantitative estimate of drug-likeness (QED) is 0.854. The Kier molecular flexibility index (Phi) is 6.06. The number of hydrogen-bond donors (Lipinski definition) is 1. The van der Waals surface area contributed by atoms with Crippen molar-refractivity contribution in [2.75, 3.05) is 38.0 Å². The summed E-state index contributed by atoms with van der Waals surface area (Å²) in [7, 11) is 0. The highest BCUT2D eigenvalue weighted by atomic mass is 35.5. The summed E-state index contributed by atoms with van der Waals surface area (Å²) in [4.78, 5) is 28.1. The number of anilines is 1. The van der Waals surface area contributed by atoms with Gasteiger partial charge in [0.15, 0.2) is 0 Å². The van der Waals surface area contributed by atoms with Crippen molar-refractivity contribution < 1.29 is 9.59 Å². The molecule has 0 radical (unpaired) electrons. The monoisotopic (exact) mass is 343 g/mol. The molecule has 0 bridgehead atoms. The van der Waals surface area contributed by atoms with E-state index in [0.29, 0.717) is 23.8 Å². The number of piperazine rings is 1. The van der Waals surface area contributed by atoms with Gasteiger partial charge in [-0.2, -0.15) is 0 Å². The normalized spacial score (nSPS) is 15.7. The van der Waals surface area contributed by atoms with E-state index in [1.807, 2.05) is 0 Å². The molecule has 1 fully saturated rings. The van der Waals surface area contributed by atoms with E-state index in [-0.39, 0.29) is 23.3 Å². The molecule has 0 aromatic heterocycles. The lowest BCUT2D eigenvalue weighted by Crippen LogP contribution is -2.49. The van der Waals surface area contributed by atoms with Gasteiger partial charge in [0.1, 0.15) is 6.42 Å². The topological polar surface area (TPSA) is 52.7 Å². The molecule has 1 heterocycles. The fraction of sp³-hybridized carbons (Fsp3) is 0.467. The van der Waals surface area contributed by atoms with E-state index in [2.05, 4.69) is 17.1 Å². The van der Waals surface area contributed by atoms with Crippen LogP contribution >= 0.6 is 23.2 Å². The third-order valence-corrected chi connectivity index (χ3v) is 4.53. The van der Waals surface area contributed by atoms with Gasteiger partial charge in [-0.1, -0.05) is 36.2 Å². The highest BCUT2D eigenvalue weighted by Gasteiger charge is 2.22. The van der Waals surface area contributed by atoms with E-state index in [1.54, 1.807) is 23.1 Å². The third-order valence-electron chi connectivity index (χ3n) is 3.71. The van der Waals surface area contributed by atoms with Crippen LogP contribution in [0.3, 0.4) is 0 Å². The first-order valence-corrected chi connectivity index (χ1v) is 8.01. The molecule has 0 saturated carbocycles. The van der Waals surface area contributed by atoms with E-state index in [9.17, 15) is 9.59 Å². The molecule has 1 aliphatic rings. The minimum Gasteiger partial charge on any atom is -0.340 e. The Bertz CT molecular complexity index is 558. The Hall–Kier alpha value is -1.30. The van der Waals surface area contributed by atoms with Crippen molar-refractivity contribution in [3.05, 3.63) is 28.2 Å². The van der Waals surface area contributed by atoms with Gasteiger partial charge in [0.2, 0.25) is 11.8 Å².